The maximum atomic E-state index is 12.6. The van der Waals surface area contributed by atoms with Crippen molar-refractivity contribution in [3.63, 3.8) is 0 Å². The van der Waals surface area contributed by atoms with Crippen LogP contribution in [-0.4, -0.2) is 61.2 Å². The molecule has 1 aliphatic heterocycles. The largest absolute Gasteiger partial charge is 0.444 e. The smallest absolute Gasteiger partial charge is 0.275 e. The Hall–Kier alpha value is -3.07. The van der Waals surface area contributed by atoms with Gasteiger partial charge in [0.15, 0.2) is 5.69 Å². The highest BCUT2D eigenvalue weighted by Crippen LogP contribution is 2.37. The molecule has 1 N–H and O–H groups in total. The third-order valence-electron chi connectivity index (χ3n) is 5.07. The summed E-state index contributed by atoms with van der Waals surface area (Å²) in [5.41, 5.74) is 1.78. The number of nitrogens with one attached hydrogen (secondary N) is 1. The van der Waals surface area contributed by atoms with Crippen molar-refractivity contribution < 1.29 is 9.21 Å². The first-order valence-electron chi connectivity index (χ1n) is 9.53. The summed E-state index contributed by atoms with van der Waals surface area (Å²) < 4.78 is 7.22. The minimum absolute atomic E-state index is 0.111. The Morgan fingerprint density at radius 2 is 2.07 bits per heavy atom. The van der Waals surface area contributed by atoms with E-state index in [9.17, 15) is 4.79 Å². The molecule has 0 bridgehead atoms. The third-order valence-corrected chi connectivity index (χ3v) is 5.07. The number of oxazole rings is 1. The number of aromatic nitrogens is 5. The molecule has 1 aliphatic carbocycles. The van der Waals surface area contributed by atoms with E-state index in [2.05, 4.69) is 32.3 Å². The Labute approximate surface area is 161 Å². The van der Waals surface area contributed by atoms with Gasteiger partial charge in [0.25, 0.3) is 5.91 Å². The maximum absolute atomic E-state index is 12.6. The van der Waals surface area contributed by atoms with Crippen molar-refractivity contribution in [1.82, 2.24) is 34.9 Å². The average molecular weight is 379 g/mol. The fourth-order valence-electron chi connectivity index (χ4n) is 3.36. The number of amides is 1. The van der Waals surface area contributed by atoms with Gasteiger partial charge >= 0.3 is 0 Å². The third kappa shape index (κ3) is 3.29. The molecule has 2 aliphatic rings. The molecule has 1 atom stereocenters. The number of nitrogens with zero attached hydrogens (tertiary/aromatic N) is 6. The van der Waals surface area contributed by atoms with Gasteiger partial charge in [-0.2, -0.15) is 5.10 Å². The molecule has 9 nitrogen and oxygen atoms in total. The Balaban J connectivity index is 1.32. The second-order valence-corrected chi connectivity index (χ2v) is 7.39. The summed E-state index contributed by atoms with van der Waals surface area (Å²) in [6.45, 7) is 4.17. The predicted molar refractivity (Wildman–Crippen MR) is 100.0 cm³/mol. The second-order valence-electron chi connectivity index (χ2n) is 7.39. The van der Waals surface area contributed by atoms with E-state index in [-0.39, 0.29) is 11.9 Å². The van der Waals surface area contributed by atoms with Gasteiger partial charge < -0.3 is 14.6 Å². The summed E-state index contributed by atoms with van der Waals surface area (Å²) in [6, 6.07) is 0.274. The van der Waals surface area contributed by atoms with Gasteiger partial charge in [-0.1, -0.05) is 0 Å². The van der Waals surface area contributed by atoms with Gasteiger partial charge in [0.2, 0.25) is 5.89 Å². The monoisotopic (exact) mass is 379 g/mol. The van der Waals surface area contributed by atoms with Crippen molar-refractivity contribution >= 4 is 5.91 Å². The van der Waals surface area contributed by atoms with Crippen LogP contribution in [0.4, 0.5) is 0 Å². The molecule has 1 saturated carbocycles. The topological polar surface area (TPSA) is 102 Å². The summed E-state index contributed by atoms with van der Waals surface area (Å²) in [4.78, 5) is 27.6. The van der Waals surface area contributed by atoms with Crippen molar-refractivity contribution in [2.24, 2.45) is 0 Å². The molecule has 144 valence electrons. The highest BCUT2D eigenvalue weighted by atomic mass is 16.3. The molecule has 3 aromatic rings. The molecule has 2 fully saturated rings. The normalized spacial score (nSPS) is 19.8. The fraction of sp³-hybridized carbons (Fsp3) is 0.421. The van der Waals surface area contributed by atoms with Gasteiger partial charge in [-0.05, 0) is 19.8 Å². The molecule has 9 heteroatoms. The van der Waals surface area contributed by atoms with Crippen LogP contribution in [0, 0.1) is 0 Å². The molecule has 0 radical (unpaired) electrons. The van der Waals surface area contributed by atoms with E-state index in [1.807, 2.05) is 0 Å². The van der Waals surface area contributed by atoms with E-state index in [0.29, 0.717) is 36.2 Å². The minimum Gasteiger partial charge on any atom is -0.444 e. The highest BCUT2D eigenvalue weighted by Gasteiger charge is 2.26. The lowest BCUT2D eigenvalue weighted by Gasteiger charge is -2.31. The number of hydrogen-bond acceptors (Lipinski definition) is 7. The van der Waals surface area contributed by atoms with Crippen LogP contribution < -0.4 is 5.32 Å². The minimum atomic E-state index is -0.111. The summed E-state index contributed by atoms with van der Waals surface area (Å²) in [5.74, 6) is 1.67. The highest BCUT2D eigenvalue weighted by molar-refractivity contribution is 5.92. The lowest BCUT2D eigenvalue weighted by atomic mass is 10.2. The van der Waals surface area contributed by atoms with Gasteiger partial charge in [0.05, 0.1) is 24.2 Å². The molecule has 0 aromatic carbocycles. The Morgan fingerprint density at radius 3 is 2.82 bits per heavy atom. The molecular formula is C19H21N7O2. The van der Waals surface area contributed by atoms with Crippen molar-refractivity contribution in [3.8, 4) is 17.1 Å². The first-order chi connectivity index (χ1) is 13.7. The van der Waals surface area contributed by atoms with Crippen LogP contribution in [0.5, 0.6) is 0 Å². The van der Waals surface area contributed by atoms with Crippen LogP contribution in [0.3, 0.4) is 0 Å². The van der Waals surface area contributed by atoms with Crippen molar-refractivity contribution in [3.05, 3.63) is 42.6 Å². The molecule has 1 amide bonds. The van der Waals surface area contributed by atoms with Crippen LogP contribution in [0.25, 0.3) is 17.1 Å². The summed E-state index contributed by atoms with van der Waals surface area (Å²) in [7, 11) is 0. The zero-order chi connectivity index (χ0) is 19.1. The zero-order valence-electron chi connectivity index (χ0n) is 15.6. The van der Waals surface area contributed by atoms with E-state index in [1.54, 1.807) is 34.4 Å². The standard InChI is InChI=1S/C19H21N7O2/c1-12-9-25(5-4-20-12)19(27)16-11-28-18(24-16)14-6-23-26(10-14)15-7-21-17(22-8-15)13-2-3-13/h6-8,10-13,20H,2-5,9H2,1H3/t12-/m0/s1. The van der Waals surface area contributed by atoms with Crippen LogP contribution in [-0.2, 0) is 0 Å². The first kappa shape index (κ1) is 17.1. The van der Waals surface area contributed by atoms with Crippen LogP contribution in [0.1, 0.15) is 42.0 Å². The fourth-order valence-corrected chi connectivity index (χ4v) is 3.36. The van der Waals surface area contributed by atoms with Crippen LogP contribution >= 0.6 is 0 Å². The molecular weight excluding hydrogens is 358 g/mol. The second kappa shape index (κ2) is 6.83. The van der Waals surface area contributed by atoms with Crippen molar-refractivity contribution in [1.29, 1.82) is 0 Å². The lowest BCUT2D eigenvalue weighted by Crippen LogP contribution is -2.51. The number of carbonyl (C=O) groups is 1. The molecule has 0 unspecified atom stereocenters. The van der Waals surface area contributed by atoms with Gasteiger partial charge in [-0.25, -0.2) is 19.6 Å². The summed E-state index contributed by atoms with van der Waals surface area (Å²) in [6.07, 6.45) is 10.7. The van der Waals surface area contributed by atoms with Crippen LogP contribution in [0.15, 0.2) is 35.5 Å². The number of rotatable bonds is 4. The van der Waals surface area contributed by atoms with E-state index in [0.717, 1.165) is 18.1 Å². The van der Waals surface area contributed by atoms with E-state index >= 15 is 0 Å². The lowest BCUT2D eigenvalue weighted by molar-refractivity contribution is 0.0703. The Kier molecular flexibility index (Phi) is 4.16. The molecule has 4 heterocycles. The number of carbonyl (C=O) groups excluding carboxylic acids is 1. The molecule has 5 rings (SSSR count). The molecule has 28 heavy (non-hydrogen) atoms. The average Bonchev–Trinajstić information content (AvgIpc) is 3.25. The quantitative estimate of drug-likeness (QED) is 0.735. The molecule has 0 spiro atoms. The summed E-state index contributed by atoms with van der Waals surface area (Å²) >= 11 is 0. The van der Waals surface area contributed by atoms with E-state index in [1.165, 1.54) is 19.1 Å². The Morgan fingerprint density at radius 1 is 1.25 bits per heavy atom. The van der Waals surface area contributed by atoms with Crippen molar-refractivity contribution in [2.75, 3.05) is 19.6 Å². The molecule has 3 aromatic heterocycles. The summed E-state index contributed by atoms with van der Waals surface area (Å²) in [5, 5.41) is 7.66. The molecule has 1 saturated heterocycles. The maximum Gasteiger partial charge on any atom is 0.275 e. The van der Waals surface area contributed by atoms with Gasteiger partial charge in [-0.15, -0.1) is 0 Å². The zero-order valence-corrected chi connectivity index (χ0v) is 15.6. The Bertz CT molecular complexity index is 990. The van der Waals surface area contributed by atoms with E-state index in [4.69, 9.17) is 4.42 Å². The SMILES string of the molecule is C[C@H]1CN(C(=O)c2coc(-c3cnn(-c4cnc(C5CC5)nc4)c3)n2)CCN1. The number of piperazine rings is 1. The van der Waals surface area contributed by atoms with Crippen molar-refractivity contribution in [2.45, 2.75) is 31.7 Å². The number of hydrogen-bond donors (Lipinski definition) is 1. The van der Waals surface area contributed by atoms with Crippen LogP contribution in [0.2, 0.25) is 0 Å². The predicted octanol–water partition coefficient (Wildman–Crippen LogP) is 1.63. The van der Waals surface area contributed by atoms with Gasteiger partial charge in [0.1, 0.15) is 17.8 Å². The van der Waals surface area contributed by atoms with E-state index < -0.39 is 0 Å². The van der Waals surface area contributed by atoms with Gasteiger partial charge in [-0.3, -0.25) is 4.79 Å². The van der Waals surface area contributed by atoms with Gasteiger partial charge in [0, 0.05) is 37.8 Å². The first-order valence-corrected chi connectivity index (χ1v) is 9.53.